The van der Waals surface area contributed by atoms with Crippen molar-refractivity contribution < 1.29 is 25.0 Å². The lowest BCUT2D eigenvalue weighted by molar-refractivity contribution is -0.137. The Morgan fingerprint density at radius 1 is 1.32 bits per heavy atom. The Morgan fingerprint density at radius 3 is 2.84 bits per heavy atom. The van der Waals surface area contributed by atoms with Crippen molar-refractivity contribution in [3.63, 3.8) is 0 Å². The number of carboxylic acid groups (broad SMARTS) is 1. The number of rotatable bonds is 12. The number of aliphatic hydroxyl groups excluding tert-OH is 2. The number of oxime groups is 1. The fraction of sp³-hybridized carbons (Fsp3) is 0.895. The first kappa shape index (κ1) is 20.2. The highest BCUT2D eigenvalue weighted by Gasteiger charge is 2.51. The smallest absolute Gasteiger partial charge is 0.303 e. The molecule has 2 rings (SSSR count). The maximum atomic E-state index is 10.5. The Hall–Kier alpha value is -1.14. The van der Waals surface area contributed by atoms with Crippen molar-refractivity contribution in [2.75, 3.05) is 6.61 Å². The molecule has 5 unspecified atom stereocenters. The third-order valence-corrected chi connectivity index (χ3v) is 5.69. The molecule has 2 fully saturated rings. The van der Waals surface area contributed by atoms with E-state index >= 15 is 0 Å². The fourth-order valence-electron chi connectivity index (χ4n) is 4.10. The van der Waals surface area contributed by atoms with Gasteiger partial charge in [-0.2, -0.15) is 0 Å². The Balaban J connectivity index is 1.66. The van der Waals surface area contributed by atoms with Crippen LogP contribution in [0.25, 0.3) is 0 Å². The molecular weight excluding hydrogens is 322 g/mol. The molecule has 0 aliphatic heterocycles. The quantitative estimate of drug-likeness (QED) is 0.369. The van der Waals surface area contributed by atoms with Crippen LogP contribution in [0.5, 0.6) is 0 Å². The van der Waals surface area contributed by atoms with E-state index in [4.69, 9.17) is 9.94 Å². The average Bonchev–Trinajstić information content (AvgIpc) is 2.79. The summed E-state index contributed by atoms with van der Waals surface area (Å²) in [5.41, 5.74) is 1.00. The summed E-state index contributed by atoms with van der Waals surface area (Å²) in [5, 5.41) is 33.2. The van der Waals surface area contributed by atoms with Crippen LogP contribution in [-0.4, -0.2) is 45.8 Å². The number of unbranched alkanes of at least 4 members (excludes halogenated alkanes) is 2. The number of hydrogen-bond acceptors (Lipinski definition) is 5. The summed E-state index contributed by atoms with van der Waals surface area (Å²) < 4.78 is 0. The van der Waals surface area contributed by atoms with E-state index in [0.29, 0.717) is 18.9 Å². The van der Waals surface area contributed by atoms with Crippen LogP contribution in [0.15, 0.2) is 5.16 Å². The normalized spacial score (nSPS) is 30.8. The summed E-state index contributed by atoms with van der Waals surface area (Å²) in [4.78, 5) is 15.7. The SMILES string of the molecule is CCCCCC(O)CCC1CC2C(=NOCCCC(=O)O)CC2C1O. The highest BCUT2D eigenvalue weighted by molar-refractivity contribution is 5.93. The monoisotopic (exact) mass is 355 g/mol. The molecule has 0 heterocycles. The third kappa shape index (κ3) is 5.96. The minimum atomic E-state index is -0.821. The standard InChI is InChI=1S/C19H33NO5/c1-2-3-4-6-14(21)9-8-13-11-15-16(19(13)24)12-17(15)20-25-10-5-7-18(22)23/h13-16,19,21,24H,2-12H2,1H3,(H,22,23). The Kier molecular flexibility index (Phi) is 8.16. The molecule has 0 radical (unpaired) electrons. The van der Waals surface area contributed by atoms with E-state index in [2.05, 4.69) is 12.1 Å². The van der Waals surface area contributed by atoms with E-state index in [9.17, 15) is 15.0 Å². The molecule has 3 N–H and O–H groups in total. The van der Waals surface area contributed by atoms with E-state index in [1.165, 1.54) is 6.42 Å². The largest absolute Gasteiger partial charge is 0.481 e. The minimum absolute atomic E-state index is 0.0955. The summed E-state index contributed by atoms with van der Waals surface area (Å²) in [6, 6.07) is 0. The first-order chi connectivity index (χ1) is 12.0. The van der Waals surface area contributed by atoms with E-state index in [1.54, 1.807) is 0 Å². The number of nitrogens with zero attached hydrogens (tertiary/aromatic N) is 1. The van der Waals surface area contributed by atoms with Gasteiger partial charge in [-0.1, -0.05) is 31.3 Å². The summed E-state index contributed by atoms with van der Waals surface area (Å²) >= 11 is 0. The zero-order valence-electron chi connectivity index (χ0n) is 15.3. The zero-order valence-corrected chi connectivity index (χ0v) is 15.3. The molecule has 0 amide bonds. The molecule has 5 atom stereocenters. The lowest BCUT2D eigenvalue weighted by Gasteiger charge is -2.33. The highest BCUT2D eigenvalue weighted by atomic mass is 16.6. The second-order valence-corrected chi connectivity index (χ2v) is 7.60. The number of aliphatic carboxylic acids is 1. The van der Waals surface area contributed by atoms with Gasteiger partial charge in [0.2, 0.25) is 0 Å². The Labute approximate surface area is 150 Å². The van der Waals surface area contributed by atoms with Crippen molar-refractivity contribution in [3.8, 4) is 0 Å². The van der Waals surface area contributed by atoms with Crippen molar-refractivity contribution >= 4 is 11.7 Å². The van der Waals surface area contributed by atoms with Gasteiger partial charge in [0.25, 0.3) is 0 Å². The van der Waals surface area contributed by atoms with Crippen LogP contribution >= 0.6 is 0 Å². The van der Waals surface area contributed by atoms with Gasteiger partial charge in [-0.05, 0) is 50.4 Å². The molecule has 6 nitrogen and oxygen atoms in total. The molecule has 0 saturated heterocycles. The van der Waals surface area contributed by atoms with E-state index in [1.807, 2.05) is 0 Å². The number of aliphatic hydroxyl groups is 2. The highest BCUT2D eigenvalue weighted by Crippen LogP contribution is 2.49. The Morgan fingerprint density at radius 2 is 2.12 bits per heavy atom. The molecule has 144 valence electrons. The summed E-state index contributed by atoms with van der Waals surface area (Å²) in [6.07, 6.45) is 7.62. The van der Waals surface area contributed by atoms with E-state index in [-0.39, 0.29) is 30.5 Å². The van der Waals surface area contributed by atoms with Gasteiger partial charge in [-0.15, -0.1) is 0 Å². The molecule has 6 heteroatoms. The van der Waals surface area contributed by atoms with Crippen LogP contribution in [0.4, 0.5) is 0 Å². The Bertz CT molecular complexity index is 453. The van der Waals surface area contributed by atoms with Gasteiger partial charge in [0.05, 0.1) is 17.9 Å². The van der Waals surface area contributed by atoms with Crippen molar-refractivity contribution in [1.82, 2.24) is 0 Å². The lowest BCUT2D eigenvalue weighted by Crippen LogP contribution is -2.38. The van der Waals surface area contributed by atoms with Crippen molar-refractivity contribution in [2.24, 2.45) is 22.9 Å². The van der Waals surface area contributed by atoms with Gasteiger partial charge < -0.3 is 20.2 Å². The fourth-order valence-corrected chi connectivity index (χ4v) is 4.10. The molecule has 0 aromatic rings. The van der Waals surface area contributed by atoms with Crippen LogP contribution in [0.2, 0.25) is 0 Å². The summed E-state index contributed by atoms with van der Waals surface area (Å²) in [7, 11) is 0. The second-order valence-electron chi connectivity index (χ2n) is 7.60. The van der Waals surface area contributed by atoms with Gasteiger partial charge in [-0.25, -0.2) is 0 Å². The summed E-state index contributed by atoms with van der Waals surface area (Å²) in [5.74, 6) is 0.00875. The van der Waals surface area contributed by atoms with Crippen LogP contribution in [0, 0.1) is 17.8 Å². The van der Waals surface area contributed by atoms with Crippen LogP contribution < -0.4 is 0 Å². The average molecular weight is 355 g/mol. The van der Waals surface area contributed by atoms with Crippen molar-refractivity contribution in [3.05, 3.63) is 0 Å². The predicted molar refractivity (Wildman–Crippen MR) is 95.4 cm³/mol. The van der Waals surface area contributed by atoms with Gasteiger partial charge in [-0.3, -0.25) is 4.79 Å². The van der Waals surface area contributed by atoms with Crippen LogP contribution in [0.3, 0.4) is 0 Å². The van der Waals surface area contributed by atoms with Gasteiger partial charge >= 0.3 is 5.97 Å². The van der Waals surface area contributed by atoms with Crippen molar-refractivity contribution in [1.29, 1.82) is 0 Å². The van der Waals surface area contributed by atoms with Gasteiger partial charge in [0.15, 0.2) is 0 Å². The number of fused-ring (bicyclic) bond motifs is 1. The maximum absolute atomic E-state index is 10.5. The second kappa shape index (κ2) is 10.1. The van der Waals surface area contributed by atoms with Gasteiger partial charge in [0.1, 0.15) is 6.61 Å². The third-order valence-electron chi connectivity index (χ3n) is 5.69. The maximum Gasteiger partial charge on any atom is 0.303 e. The molecule has 2 aliphatic carbocycles. The molecule has 2 aliphatic rings. The molecule has 0 bridgehead atoms. The molecule has 0 aromatic carbocycles. The van der Waals surface area contributed by atoms with Gasteiger partial charge in [0, 0.05) is 12.3 Å². The molecular formula is C19H33NO5. The number of carboxylic acids is 1. The van der Waals surface area contributed by atoms with E-state index in [0.717, 1.165) is 50.7 Å². The van der Waals surface area contributed by atoms with Crippen molar-refractivity contribution in [2.45, 2.75) is 83.3 Å². The zero-order chi connectivity index (χ0) is 18.2. The number of hydrogen-bond donors (Lipinski definition) is 3. The molecule has 0 spiro atoms. The first-order valence-electron chi connectivity index (χ1n) is 9.79. The molecule has 0 aromatic heterocycles. The van der Waals surface area contributed by atoms with Crippen LogP contribution in [0.1, 0.15) is 71.1 Å². The van der Waals surface area contributed by atoms with E-state index < -0.39 is 5.97 Å². The summed E-state index contributed by atoms with van der Waals surface area (Å²) in [6.45, 7) is 2.48. The first-order valence-corrected chi connectivity index (χ1v) is 9.79. The van der Waals surface area contributed by atoms with Crippen LogP contribution in [-0.2, 0) is 9.63 Å². The lowest BCUT2D eigenvalue weighted by atomic mass is 9.73. The molecule has 25 heavy (non-hydrogen) atoms. The predicted octanol–water partition coefficient (Wildman–Crippen LogP) is 2.96. The topological polar surface area (TPSA) is 99.4 Å². The number of carbonyl (C=O) groups is 1. The minimum Gasteiger partial charge on any atom is -0.481 e. The molecule has 2 saturated carbocycles.